The largest absolute Gasteiger partial charge is 0.394 e. The number of rotatable bonds is 9. The van der Waals surface area contributed by atoms with Crippen molar-refractivity contribution in [1.29, 1.82) is 0 Å². The van der Waals surface area contributed by atoms with Gasteiger partial charge < -0.3 is 15.5 Å². The van der Waals surface area contributed by atoms with Crippen molar-refractivity contribution in [2.75, 3.05) is 6.61 Å². The number of aliphatic hydroxyl groups excluding tert-OH is 2. The molecule has 1 rings (SSSR count). The number of carbonyl (C=O) groups is 1. The predicted octanol–water partition coefficient (Wildman–Crippen LogP) is 2.12. The molecule has 0 aliphatic carbocycles. The SMILES string of the molecule is CCCCCC(=O)N[C@@H](CO)[C@H](O)/C=C/c1ccccc1. The van der Waals surface area contributed by atoms with Gasteiger partial charge in [0, 0.05) is 6.42 Å². The van der Waals surface area contributed by atoms with Crippen LogP contribution >= 0.6 is 0 Å². The van der Waals surface area contributed by atoms with Gasteiger partial charge in [0.05, 0.1) is 18.8 Å². The van der Waals surface area contributed by atoms with E-state index >= 15 is 0 Å². The second-order valence-electron chi connectivity index (χ2n) is 5.07. The first-order valence-electron chi connectivity index (χ1n) is 7.49. The van der Waals surface area contributed by atoms with Crippen LogP contribution in [0.5, 0.6) is 0 Å². The Bertz CT molecular complexity index is 431. The van der Waals surface area contributed by atoms with Gasteiger partial charge in [-0.15, -0.1) is 0 Å². The summed E-state index contributed by atoms with van der Waals surface area (Å²) in [5.41, 5.74) is 0.961. The molecule has 4 heteroatoms. The molecule has 2 atom stereocenters. The molecule has 0 bridgehead atoms. The van der Waals surface area contributed by atoms with E-state index in [9.17, 15) is 15.0 Å². The van der Waals surface area contributed by atoms with Gasteiger partial charge in [0.25, 0.3) is 0 Å². The summed E-state index contributed by atoms with van der Waals surface area (Å²) < 4.78 is 0. The second-order valence-corrected chi connectivity index (χ2v) is 5.07. The molecule has 0 fully saturated rings. The van der Waals surface area contributed by atoms with Crippen molar-refractivity contribution in [3.05, 3.63) is 42.0 Å². The normalized spacial score (nSPS) is 14.0. The first kappa shape index (κ1) is 17.4. The number of unbranched alkanes of at least 4 members (excludes halogenated alkanes) is 2. The molecule has 0 saturated carbocycles. The van der Waals surface area contributed by atoms with E-state index in [-0.39, 0.29) is 12.5 Å². The first-order valence-corrected chi connectivity index (χ1v) is 7.49. The molecule has 0 spiro atoms. The highest BCUT2D eigenvalue weighted by Crippen LogP contribution is 2.05. The third kappa shape index (κ3) is 7.06. The van der Waals surface area contributed by atoms with Gasteiger partial charge in [-0.3, -0.25) is 4.79 Å². The van der Waals surface area contributed by atoms with Crippen molar-refractivity contribution in [3.63, 3.8) is 0 Å². The third-order valence-corrected chi connectivity index (χ3v) is 3.25. The van der Waals surface area contributed by atoms with E-state index in [2.05, 4.69) is 12.2 Å². The Morgan fingerprint density at radius 3 is 2.62 bits per heavy atom. The smallest absolute Gasteiger partial charge is 0.220 e. The molecule has 4 nitrogen and oxygen atoms in total. The van der Waals surface area contributed by atoms with Crippen molar-refractivity contribution < 1.29 is 15.0 Å². The fourth-order valence-corrected chi connectivity index (χ4v) is 1.96. The molecule has 0 saturated heterocycles. The van der Waals surface area contributed by atoms with Crippen LogP contribution in [0.4, 0.5) is 0 Å². The molecule has 0 aliphatic rings. The highest BCUT2D eigenvalue weighted by Gasteiger charge is 2.17. The Hall–Kier alpha value is -1.65. The molecule has 1 aromatic rings. The number of carbonyl (C=O) groups excluding carboxylic acids is 1. The zero-order valence-corrected chi connectivity index (χ0v) is 12.5. The van der Waals surface area contributed by atoms with Crippen LogP contribution in [-0.4, -0.2) is 34.9 Å². The monoisotopic (exact) mass is 291 g/mol. The van der Waals surface area contributed by atoms with Crippen LogP contribution in [-0.2, 0) is 4.79 Å². The number of hydrogen-bond acceptors (Lipinski definition) is 3. The minimum Gasteiger partial charge on any atom is -0.394 e. The molecular formula is C17H25NO3. The zero-order valence-electron chi connectivity index (χ0n) is 12.5. The quantitative estimate of drug-likeness (QED) is 0.610. The van der Waals surface area contributed by atoms with E-state index < -0.39 is 12.1 Å². The lowest BCUT2D eigenvalue weighted by atomic mass is 10.1. The summed E-state index contributed by atoms with van der Waals surface area (Å²) in [6.45, 7) is 1.78. The first-order chi connectivity index (χ1) is 10.2. The number of benzene rings is 1. The summed E-state index contributed by atoms with van der Waals surface area (Å²) >= 11 is 0. The summed E-state index contributed by atoms with van der Waals surface area (Å²) in [6.07, 6.45) is 5.77. The van der Waals surface area contributed by atoms with Gasteiger partial charge in [0.2, 0.25) is 5.91 Å². The fraction of sp³-hybridized carbons (Fsp3) is 0.471. The van der Waals surface area contributed by atoms with Crippen LogP contribution in [0.1, 0.15) is 38.2 Å². The Labute approximate surface area is 126 Å². The highest BCUT2D eigenvalue weighted by atomic mass is 16.3. The molecule has 0 radical (unpaired) electrons. The number of nitrogens with one attached hydrogen (secondary N) is 1. The average molecular weight is 291 g/mol. The summed E-state index contributed by atoms with van der Waals surface area (Å²) in [4.78, 5) is 11.7. The third-order valence-electron chi connectivity index (χ3n) is 3.25. The van der Waals surface area contributed by atoms with Gasteiger partial charge in [-0.25, -0.2) is 0 Å². The Balaban J connectivity index is 2.47. The maximum absolute atomic E-state index is 11.7. The average Bonchev–Trinajstić information content (AvgIpc) is 2.51. The van der Waals surface area contributed by atoms with Crippen LogP contribution in [0.15, 0.2) is 36.4 Å². The van der Waals surface area contributed by atoms with E-state index in [1.54, 1.807) is 12.2 Å². The summed E-state index contributed by atoms with van der Waals surface area (Å²) in [5, 5.41) is 22.0. The lowest BCUT2D eigenvalue weighted by Gasteiger charge is -2.19. The topological polar surface area (TPSA) is 69.6 Å². The molecule has 1 aromatic carbocycles. The molecule has 0 heterocycles. The molecule has 0 aliphatic heterocycles. The second kappa shape index (κ2) is 10.1. The van der Waals surface area contributed by atoms with Gasteiger partial charge in [0.15, 0.2) is 0 Å². The minimum atomic E-state index is -0.912. The van der Waals surface area contributed by atoms with Gasteiger partial charge in [-0.05, 0) is 12.0 Å². The van der Waals surface area contributed by atoms with Crippen molar-refractivity contribution in [3.8, 4) is 0 Å². The minimum absolute atomic E-state index is 0.130. The van der Waals surface area contributed by atoms with Gasteiger partial charge >= 0.3 is 0 Å². The van der Waals surface area contributed by atoms with Crippen molar-refractivity contribution in [2.24, 2.45) is 0 Å². The summed E-state index contributed by atoms with van der Waals surface area (Å²) in [6, 6.07) is 8.90. The number of hydrogen-bond donors (Lipinski definition) is 3. The Morgan fingerprint density at radius 2 is 2.00 bits per heavy atom. The van der Waals surface area contributed by atoms with Crippen LogP contribution < -0.4 is 5.32 Å². The summed E-state index contributed by atoms with van der Waals surface area (Å²) in [7, 11) is 0. The standard InChI is InChI=1S/C17H25NO3/c1-2-3-5-10-17(21)18-15(13-19)16(20)12-11-14-8-6-4-7-9-14/h4,6-9,11-12,15-16,19-20H,2-3,5,10,13H2,1H3,(H,18,21)/b12-11+/t15-,16+/m0/s1. The van der Waals surface area contributed by atoms with Gasteiger partial charge in [0.1, 0.15) is 0 Å². The van der Waals surface area contributed by atoms with Crippen molar-refractivity contribution >= 4 is 12.0 Å². The van der Waals surface area contributed by atoms with Crippen molar-refractivity contribution in [1.82, 2.24) is 5.32 Å². The van der Waals surface area contributed by atoms with E-state index in [1.807, 2.05) is 30.3 Å². The maximum Gasteiger partial charge on any atom is 0.220 e. The molecule has 116 valence electrons. The Kier molecular flexibility index (Phi) is 8.40. The zero-order chi connectivity index (χ0) is 15.5. The van der Waals surface area contributed by atoms with Crippen LogP contribution in [0.25, 0.3) is 6.08 Å². The molecule has 3 N–H and O–H groups in total. The van der Waals surface area contributed by atoms with Crippen molar-refractivity contribution in [2.45, 2.75) is 44.8 Å². The number of aliphatic hydroxyl groups is 2. The highest BCUT2D eigenvalue weighted by molar-refractivity contribution is 5.76. The molecule has 0 aromatic heterocycles. The van der Waals surface area contributed by atoms with Crippen LogP contribution in [0.3, 0.4) is 0 Å². The maximum atomic E-state index is 11.7. The lowest BCUT2D eigenvalue weighted by Crippen LogP contribution is -2.45. The molecular weight excluding hydrogens is 266 g/mol. The van der Waals surface area contributed by atoms with E-state index in [0.29, 0.717) is 6.42 Å². The van der Waals surface area contributed by atoms with Gasteiger partial charge in [-0.1, -0.05) is 62.2 Å². The van der Waals surface area contributed by atoms with E-state index in [0.717, 1.165) is 24.8 Å². The summed E-state index contributed by atoms with van der Waals surface area (Å²) in [5.74, 6) is -0.130. The lowest BCUT2D eigenvalue weighted by molar-refractivity contribution is -0.123. The molecule has 21 heavy (non-hydrogen) atoms. The van der Waals surface area contributed by atoms with Crippen LogP contribution in [0.2, 0.25) is 0 Å². The van der Waals surface area contributed by atoms with Crippen LogP contribution in [0, 0.1) is 0 Å². The van der Waals surface area contributed by atoms with Gasteiger partial charge in [-0.2, -0.15) is 0 Å². The predicted molar refractivity (Wildman–Crippen MR) is 84.6 cm³/mol. The number of amides is 1. The van der Waals surface area contributed by atoms with E-state index in [1.165, 1.54) is 0 Å². The molecule has 1 amide bonds. The fourth-order valence-electron chi connectivity index (χ4n) is 1.96. The van der Waals surface area contributed by atoms with E-state index in [4.69, 9.17) is 0 Å². The Morgan fingerprint density at radius 1 is 1.29 bits per heavy atom. The molecule has 0 unspecified atom stereocenters.